The fourth-order valence-corrected chi connectivity index (χ4v) is 6.12. The predicted octanol–water partition coefficient (Wildman–Crippen LogP) is 2.57. The molecule has 1 aromatic carbocycles. The topological polar surface area (TPSA) is 115 Å². The molecule has 0 radical (unpaired) electrons. The van der Waals surface area contributed by atoms with Crippen molar-refractivity contribution in [3.63, 3.8) is 0 Å². The fourth-order valence-electron chi connectivity index (χ4n) is 5.31. The molecule has 3 heterocycles. The van der Waals surface area contributed by atoms with Crippen LogP contribution in [0.3, 0.4) is 0 Å². The molecule has 3 amide bonds. The molecule has 3 N–H and O–H groups in total. The van der Waals surface area contributed by atoms with Crippen LogP contribution in [0.1, 0.15) is 51.3 Å². The largest absolute Gasteiger partial charge is 0.391 e. The maximum atomic E-state index is 13.8. The van der Waals surface area contributed by atoms with Crippen LogP contribution in [-0.4, -0.2) is 82.5 Å². The normalized spacial score (nSPS) is 21.5. The molecule has 0 saturated carbocycles. The Balaban J connectivity index is 1.40. The van der Waals surface area contributed by atoms with E-state index in [9.17, 15) is 19.5 Å². The average molecular weight is 556 g/mol. The summed E-state index contributed by atoms with van der Waals surface area (Å²) in [4.78, 5) is 49.2. The summed E-state index contributed by atoms with van der Waals surface area (Å²) in [6, 6.07) is 6.37. The summed E-state index contributed by atoms with van der Waals surface area (Å²) < 4.78 is 0. The summed E-state index contributed by atoms with van der Waals surface area (Å²) in [7, 11) is 2.04. The van der Waals surface area contributed by atoms with Gasteiger partial charge in [0.05, 0.1) is 22.2 Å². The third-order valence-corrected chi connectivity index (χ3v) is 8.76. The Hall–Kier alpha value is -2.82. The maximum Gasteiger partial charge on any atom is 0.246 e. The Morgan fingerprint density at radius 3 is 2.38 bits per heavy atom. The number of carbonyl (C=O) groups excluding carboxylic acids is 3. The van der Waals surface area contributed by atoms with Gasteiger partial charge in [-0.1, -0.05) is 45.0 Å². The smallest absolute Gasteiger partial charge is 0.246 e. The van der Waals surface area contributed by atoms with Crippen molar-refractivity contribution in [2.75, 3.05) is 26.7 Å². The highest BCUT2D eigenvalue weighted by atomic mass is 32.1. The molecular weight excluding hydrogens is 514 g/mol. The van der Waals surface area contributed by atoms with E-state index < -0.39 is 23.6 Å². The number of β-amino-alcohol motifs (C(OH)–C–C–N with tert-alkyl or cyclic N) is 1. The van der Waals surface area contributed by atoms with Gasteiger partial charge in [0.1, 0.15) is 12.1 Å². The standard InChI is InChI=1S/C29H41N5O4S/c1-18-24(39-17-31-18)20-8-6-19(7-9-20)15-30-27(37)23-14-22(35)16-34(23)28(38)25(29(2,3)4)32-26(36)21-10-12-33(5)13-11-21/h6-9,17,21-23,25,35H,10-16H2,1-5H3,(H,30,37)(H,32,36)/t22-,23+,25?/m1/s1. The third kappa shape index (κ3) is 7.04. The molecule has 2 saturated heterocycles. The van der Waals surface area contributed by atoms with E-state index >= 15 is 0 Å². The Morgan fingerprint density at radius 2 is 1.79 bits per heavy atom. The number of benzene rings is 1. The zero-order valence-corrected chi connectivity index (χ0v) is 24.4. The van der Waals surface area contributed by atoms with Crippen LogP contribution in [0.4, 0.5) is 0 Å². The quantitative estimate of drug-likeness (QED) is 0.484. The zero-order valence-electron chi connectivity index (χ0n) is 23.6. The summed E-state index contributed by atoms with van der Waals surface area (Å²) in [5.74, 6) is -0.885. The number of rotatable bonds is 7. The van der Waals surface area contributed by atoms with E-state index in [2.05, 4.69) is 20.5 Å². The van der Waals surface area contributed by atoms with Gasteiger partial charge in [-0.25, -0.2) is 4.98 Å². The molecule has 2 aromatic rings. The number of nitrogens with zero attached hydrogens (tertiary/aromatic N) is 3. The monoisotopic (exact) mass is 555 g/mol. The lowest BCUT2D eigenvalue weighted by molar-refractivity contribution is -0.144. The first-order valence-corrected chi connectivity index (χ1v) is 14.6. The number of amides is 3. The molecular formula is C29H41N5O4S. The summed E-state index contributed by atoms with van der Waals surface area (Å²) in [6.07, 6.45) is 0.884. The molecule has 2 aliphatic rings. The second kappa shape index (κ2) is 12.1. The van der Waals surface area contributed by atoms with E-state index in [4.69, 9.17) is 0 Å². The van der Waals surface area contributed by atoms with Gasteiger partial charge >= 0.3 is 0 Å². The first-order chi connectivity index (χ1) is 18.4. The van der Waals surface area contributed by atoms with Crippen molar-refractivity contribution in [1.29, 1.82) is 0 Å². The van der Waals surface area contributed by atoms with E-state index in [0.29, 0.717) is 6.54 Å². The number of aliphatic hydroxyl groups is 1. The van der Waals surface area contributed by atoms with Gasteiger partial charge in [0.2, 0.25) is 17.7 Å². The molecule has 1 unspecified atom stereocenters. The minimum atomic E-state index is -0.798. The van der Waals surface area contributed by atoms with Gasteiger partial charge in [-0.05, 0) is 56.4 Å². The molecule has 1 aromatic heterocycles. The van der Waals surface area contributed by atoms with Crippen molar-refractivity contribution in [2.24, 2.45) is 11.3 Å². The second-order valence-electron chi connectivity index (χ2n) is 12.0. The molecule has 4 rings (SSSR count). The van der Waals surface area contributed by atoms with Crippen molar-refractivity contribution in [3.05, 3.63) is 41.0 Å². The highest BCUT2D eigenvalue weighted by molar-refractivity contribution is 7.13. The van der Waals surface area contributed by atoms with E-state index in [1.165, 1.54) is 4.90 Å². The summed E-state index contributed by atoms with van der Waals surface area (Å²) in [5, 5.41) is 16.4. The number of hydrogen-bond donors (Lipinski definition) is 3. The lowest BCUT2D eigenvalue weighted by Crippen LogP contribution is -2.58. The first-order valence-electron chi connectivity index (χ1n) is 13.7. The summed E-state index contributed by atoms with van der Waals surface area (Å²) in [6.45, 7) is 9.77. The highest BCUT2D eigenvalue weighted by Gasteiger charge is 2.45. The molecule has 2 fully saturated rings. The van der Waals surface area contributed by atoms with Gasteiger partial charge in [0, 0.05) is 25.4 Å². The van der Waals surface area contributed by atoms with Gasteiger partial charge in [0.25, 0.3) is 0 Å². The number of hydrogen-bond acceptors (Lipinski definition) is 7. The van der Waals surface area contributed by atoms with Crippen LogP contribution >= 0.6 is 11.3 Å². The lowest BCUT2D eigenvalue weighted by Gasteiger charge is -2.37. The van der Waals surface area contributed by atoms with E-state index in [1.54, 1.807) is 11.3 Å². The van der Waals surface area contributed by atoms with Crippen LogP contribution in [0.2, 0.25) is 0 Å². The van der Waals surface area contributed by atoms with Crippen LogP contribution in [0.15, 0.2) is 29.8 Å². The van der Waals surface area contributed by atoms with Crippen LogP contribution in [-0.2, 0) is 20.9 Å². The third-order valence-electron chi connectivity index (χ3n) is 7.78. The van der Waals surface area contributed by atoms with E-state index in [-0.39, 0.29) is 36.6 Å². The number of nitrogens with one attached hydrogen (secondary N) is 2. The summed E-state index contributed by atoms with van der Waals surface area (Å²) in [5.41, 5.74) is 4.26. The van der Waals surface area contributed by atoms with Gasteiger partial charge in [-0.15, -0.1) is 11.3 Å². The molecule has 0 spiro atoms. The Bertz CT molecular complexity index is 1170. The number of likely N-dealkylation sites (tertiary alicyclic amines) is 2. The van der Waals surface area contributed by atoms with Crippen molar-refractivity contribution in [3.8, 4) is 10.4 Å². The van der Waals surface area contributed by atoms with E-state index in [0.717, 1.165) is 47.6 Å². The van der Waals surface area contributed by atoms with Gasteiger partial charge in [0.15, 0.2) is 0 Å². The molecule has 2 aliphatic heterocycles. The number of aryl methyl sites for hydroxylation is 1. The molecule has 10 heteroatoms. The lowest BCUT2D eigenvalue weighted by atomic mass is 9.84. The maximum absolute atomic E-state index is 13.8. The van der Waals surface area contributed by atoms with Crippen molar-refractivity contribution in [2.45, 2.75) is 71.7 Å². The fraction of sp³-hybridized carbons (Fsp3) is 0.586. The van der Waals surface area contributed by atoms with Crippen LogP contribution in [0, 0.1) is 18.3 Å². The number of aliphatic hydroxyl groups excluding tert-OH is 1. The molecule has 3 atom stereocenters. The first kappa shape index (κ1) is 29.2. The second-order valence-corrected chi connectivity index (χ2v) is 12.8. The van der Waals surface area contributed by atoms with Crippen LogP contribution < -0.4 is 10.6 Å². The molecule has 0 bridgehead atoms. The minimum Gasteiger partial charge on any atom is -0.391 e. The van der Waals surface area contributed by atoms with Crippen LogP contribution in [0.5, 0.6) is 0 Å². The van der Waals surface area contributed by atoms with Gasteiger partial charge < -0.3 is 25.5 Å². The van der Waals surface area contributed by atoms with Crippen LogP contribution in [0.25, 0.3) is 10.4 Å². The van der Waals surface area contributed by atoms with E-state index in [1.807, 2.05) is 64.5 Å². The highest BCUT2D eigenvalue weighted by Crippen LogP contribution is 2.29. The summed E-state index contributed by atoms with van der Waals surface area (Å²) >= 11 is 1.59. The molecule has 39 heavy (non-hydrogen) atoms. The van der Waals surface area contributed by atoms with Gasteiger partial charge in [-0.3, -0.25) is 14.4 Å². The Labute approximate surface area is 235 Å². The number of carbonyl (C=O) groups is 3. The number of piperidine rings is 1. The zero-order chi connectivity index (χ0) is 28.3. The number of thiazole rings is 1. The predicted molar refractivity (Wildman–Crippen MR) is 152 cm³/mol. The van der Waals surface area contributed by atoms with Crippen molar-refractivity contribution >= 4 is 29.1 Å². The average Bonchev–Trinajstić information content (AvgIpc) is 3.50. The SMILES string of the molecule is Cc1ncsc1-c1ccc(CNC(=O)[C@@H]2C[C@@H](O)CN2C(=O)C(NC(=O)C2CCN(C)CC2)C(C)(C)C)cc1. The van der Waals surface area contributed by atoms with Gasteiger partial charge in [-0.2, -0.15) is 0 Å². The molecule has 0 aliphatic carbocycles. The molecule has 9 nitrogen and oxygen atoms in total. The van der Waals surface area contributed by atoms with Crippen molar-refractivity contribution < 1.29 is 19.5 Å². The minimum absolute atomic E-state index is 0.0660. The Kier molecular flexibility index (Phi) is 9.08. The van der Waals surface area contributed by atoms with Crippen molar-refractivity contribution in [1.82, 2.24) is 25.4 Å². The number of aromatic nitrogens is 1. The Morgan fingerprint density at radius 1 is 1.13 bits per heavy atom. The molecule has 212 valence electrons.